The fraction of sp³-hybridized carbons (Fsp3) is 0.296. The zero-order chi connectivity index (χ0) is 25.2. The van der Waals surface area contributed by atoms with Crippen LogP contribution >= 0.6 is 0 Å². The highest BCUT2D eigenvalue weighted by molar-refractivity contribution is 5.77. The van der Waals surface area contributed by atoms with Crippen molar-refractivity contribution < 1.29 is 32.5 Å². The fourth-order valence-electron chi connectivity index (χ4n) is 4.53. The van der Waals surface area contributed by atoms with E-state index in [0.717, 1.165) is 23.3 Å². The zero-order valence-corrected chi connectivity index (χ0v) is 19.4. The Balaban J connectivity index is 1.73. The lowest BCUT2D eigenvalue weighted by Gasteiger charge is -2.21. The number of alkyl halides is 3. The first-order valence-electron chi connectivity index (χ1n) is 11.1. The van der Waals surface area contributed by atoms with Crippen molar-refractivity contribution in [2.45, 2.75) is 37.7 Å². The molecule has 3 aromatic rings. The van der Waals surface area contributed by atoms with Gasteiger partial charge in [-0.05, 0) is 52.1 Å². The number of esters is 1. The Morgan fingerprint density at radius 1 is 1.06 bits per heavy atom. The summed E-state index contributed by atoms with van der Waals surface area (Å²) in [6.45, 7) is 0.0830. The van der Waals surface area contributed by atoms with Crippen molar-refractivity contribution in [1.82, 2.24) is 5.32 Å². The number of halogens is 3. The van der Waals surface area contributed by atoms with Crippen LogP contribution in [0.15, 0.2) is 60.7 Å². The second kappa shape index (κ2) is 10.1. The van der Waals surface area contributed by atoms with Crippen LogP contribution in [-0.2, 0) is 35.1 Å². The number of carbonyl (C=O) groups excluding carboxylic acids is 1. The van der Waals surface area contributed by atoms with Crippen molar-refractivity contribution in [2.24, 2.45) is 0 Å². The molecule has 3 aromatic carbocycles. The number of nitrogens with one attached hydrogen (secondary N) is 1. The monoisotopic (exact) mass is 485 g/mol. The third kappa shape index (κ3) is 5.33. The predicted octanol–water partition coefficient (Wildman–Crippen LogP) is 4.84. The number of methoxy groups -OCH3 is 2. The molecule has 0 amide bonds. The third-order valence-electron chi connectivity index (χ3n) is 6.28. The Labute approximate surface area is 201 Å². The highest BCUT2D eigenvalue weighted by Gasteiger charge is 2.33. The summed E-state index contributed by atoms with van der Waals surface area (Å²) in [6.07, 6.45) is -4.69. The number of rotatable bonds is 7. The molecule has 0 aliphatic heterocycles. The summed E-state index contributed by atoms with van der Waals surface area (Å²) in [7, 11) is 2.77. The van der Waals surface area contributed by atoms with Crippen molar-refractivity contribution in [3.05, 3.63) is 88.5 Å². The summed E-state index contributed by atoms with van der Waals surface area (Å²) in [6, 6.07) is 15.9. The molecule has 184 valence electrons. The van der Waals surface area contributed by atoms with Gasteiger partial charge in [0.25, 0.3) is 0 Å². The van der Waals surface area contributed by atoms with Crippen LogP contribution < -0.4 is 10.1 Å². The molecule has 5 nitrogen and oxygen atoms in total. The van der Waals surface area contributed by atoms with Crippen LogP contribution in [0.3, 0.4) is 0 Å². The lowest BCUT2D eigenvalue weighted by Crippen LogP contribution is -2.28. The van der Waals surface area contributed by atoms with Gasteiger partial charge >= 0.3 is 12.1 Å². The molecule has 8 heteroatoms. The van der Waals surface area contributed by atoms with E-state index >= 15 is 0 Å². The second-order valence-electron chi connectivity index (χ2n) is 8.49. The highest BCUT2D eigenvalue weighted by Crippen LogP contribution is 2.38. The largest absolute Gasteiger partial charge is 0.496 e. The van der Waals surface area contributed by atoms with Gasteiger partial charge in [0.2, 0.25) is 0 Å². The van der Waals surface area contributed by atoms with Crippen molar-refractivity contribution >= 4 is 5.97 Å². The van der Waals surface area contributed by atoms with E-state index in [-0.39, 0.29) is 13.0 Å². The van der Waals surface area contributed by atoms with Gasteiger partial charge in [0, 0.05) is 18.5 Å². The topological polar surface area (TPSA) is 67.8 Å². The normalized spacial score (nSPS) is 17.2. The van der Waals surface area contributed by atoms with Gasteiger partial charge in [0.1, 0.15) is 5.75 Å². The second-order valence-corrected chi connectivity index (χ2v) is 8.49. The minimum Gasteiger partial charge on any atom is -0.496 e. The molecular formula is C27H26F3NO4. The molecule has 4 rings (SSSR count). The maximum Gasteiger partial charge on any atom is 0.416 e. The maximum atomic E-state index is 13.6. The van der Waals surface area contributed by atoms with Gasteiger partial charge in [0.15, 0.2) is 0 Å². The average Bonchev–Trinajstić information content (AvgIpc) is 3.16. The summed E-state index contributed by atoms with van der Waals surface area (Å²) < 4.78 is 50.9. The standard InChI is InChI=1S/C27H26F3NO4/c1-34-24-10-7-16(12-25(33)35-2)11-22(24)20-9-8-19(27(28,29)30)13-18(20)15-31-26-21-6-4-3-5-17(21)14-23(26)32/h3-11,13,23,26,31-32H,12,14-15H2,1-2H3/t23-,26+/m1/s1. The van der Waals surface area contributed by atoms with E-state index in [1.807, 2.05) is 24.3 Å². The van der Waals surface area contributed by atoms with Crippen LogP contribution in [0.25, 0.3) is 11.1 Å². The molecule has 2 N–H and O–H groups in total. The Bertz CT molecular complexity index is 1230. The quantitative estimate of drug-likeness (QED) is 0.469. The lowest BCUT2D eigenvalue weighted by molar-refractivity contribution is -0.140. The molecule has 0 radical (unpaired) electrons. The highest BCUT2D eigenvalue weighted by atomic mass is 19.4. The summed E-state index contributed by atoms with van der Waals surface area (Å²) >= 11 is 0. The van der Waals surface area contributed by atoms with Gasteiger partial charge < -0.3 is 19.9 Å². The maximum absolute atomic E-state index is 13.6. The molecule has 35 heavy (non-hydrogen) atoms. The van der Waals surface area contributed by atoms with Crippen LogP contribution in [0.5, 0.6) is 5.75 Å². The third-order valence-corrected chi connectivity index (χ3v) is 6.28. The van der Waals surface area contributed by atoms with E-state index in [0.29, 0.717) is 34.4 Å². The molecule has 0 saturated heterocycles. The van der Waals surface area contributed by atoms with Gasteiger partial charge in [-0.2, -0.15) is 13.2 Å². The van der Waals surface area contributed by atoms with Crippen LogP contribution in [0.1, 0.15) is 33.9 Å². The average molecular weight is 486 g/mol. The molecule has 2 atom stereocenters. The smallest absolute Gasteiger partial charge is 0.416 e. The zero-order valence-electron chi connectivity index (χ0n) is 19.4. The number of ether oxygens (including phenoxy) is 2. The number of fused-ring (bicyclic) bond motifs is 1. The van der Waals surface area contributed by atoms with Gasteiger partial charge in [-0.25, -0.2) is 0 Å². The van der Waals surface area contributed by atoms with E-state index in [2.05, 4.69) is 5.32 Å². The van der Waals surface area contributed by atoms with Crippen LogP contribution in [0.4, 0.5) is 13.2 Å². The molecule has 0 unspecified atom stereocenters. The van der Waals surface area contributed by atoms with Crippen molar-refractivity contribution in [1.29, 1.82) is 0 Å². The first-order chi connectivity index (χ1) is 16.7. The molecular weight excluding hydrogens is 459 g/mol. The minimum absolute atomic E-state index is 0.0206. The predicted molar refractivity (Wildman–Crippen MR) is 125 cm³/mol. The van der Waals surface area contributed by atoms with E-state index in [1.165, 1.54) is 20.3 Å². The Morgan fingerprint density at radius 2 is 1.83 bits per heavy atom. The number of aliphatic hydroxyl groups is 1. The molecule has 0 spiro atoms. The van der Waals surface area contributed by atoms with Gasteiger partial charge in [-0.3, -0.25) is 4.79 Å². The SMILES string of the molecule is COC(=O)Cc1ccc(OC)c(-c2ccc(C(F)(F)F)cc2CN[C@H]2c3ccccc3C[C@H]2O)c1. The Hall–Kier alpha value is -3.36. The lowest BCUT2D eigenvalue weighted by atomic mass is 9.94. The minimum atomic E-state index is -4.51. The summed E-state index contributed by atoms with van der Waals surface area (Å²) in [4.78, 5) is 11.8. The summed E-state index contributed by atoms with van der Waals surface area (Å²) in [5, 5.41) is 13.8. The molecule has 0 bridgehead atoms. The Morgan fingerprint density at radius 3 is 2.54 bits per heavy atom. The van der Waals surface area contributed by atoms with Crippen molar-refractivity contribution in [3.63, 3.8) is 0 Å². The van der Waals surface area contributed by atoms with Gasteiger partial charge in [0.05, 0.1) is 38.3 Å². The number of carbonyl (C=O) groups is 1. The molecule has 0 heterocycles. The Kier molecular flexibility index (Phi) is 7.14. The van der Waals surface area contributed by atoms with Crippen LogP contribution in [0.2, 0.25) is 0 Å². The van der Waals surface area contributed by atoms with Crippen LogP contribution in [-0.4, -0.2) is 31.4 Å². The number of hydrogen-bond acceptors (Lipinski definition) is 5. The fourth-order valence-corrected chi connectivity index (χ4v) is 4.53. The van der Waals surface area contributed by atoms with Crippen molar-refractivity contribution in [3.8, 4) is 16.9 Å². The number of benzene rings is 3. The molecule has 1 aliphatic rings. The van der Waals surface area contributed by atoms with Crippen LogP contribution in [0, 0.1) is 0 Å². The van der Waals surface area contributed by atoms with E-state index < -0.39 is 29.9 Å². The molecule has 0 aromatic heterocycles. The number of aliphatic hydroxyl groups excluding tert-OH is 1. The van der Waals surface area contributed by atoms with E-state index in [4.69, 9.17) is 9.47 Å². The molecule has 0 fully saturated rings. The van der Waals surface area contributed by atoms with Gasteiger partial charge in [-0.1, -0.05) is 36.4 Å². The molecule has 0 saturated carbocycles. The van der Waals surface area contributed by atoms with E-state index in [9.17, 15) is 23.1 Å². The summed E-state index contributed by atoms with van der Waals surface area (Å²) in [5.41, 5.74) is 3.32. The first kappa shape index (κ1) is 24.8. The summed E-state index contributed by atoms with van der Waals surface area (Å²) in [5.74, 6) is 0.0372. The van der Waals surface area contributed by atoms with Gasteiger partial charge in [-0.15, -0.1) is 0 Å². The van der Waals surface area contributed by atoms with Crippen molar-refractivity contribution in [2.75, 3.05) is 14.2 Å². The number of hydrogen-bond donors (Lipinski definition) is 2. The van der Waals surface area contributed by atoms with E-state index in [1.54, 1.807) is 18.2 Å². The first-order valence-corrected chi connectivity index (χ1v) is 11.1. The molecule has 1 aliphatic carbocycles.